The zero-order valence-corrected chi connectivity index (χ0v) is 15.1. The number of carbonyl (C=O) groups is 2. The number of hydrogen-bond acceptors (Lipinski definition) is 4. The van der Waals surface area contributed by atoms with Gasteiger partial charge in [-0.25, -0.2) is 4.79 Å². The SMILES string of the molecule is O=C(C=Cc1cccs1)Nc1n[nH]c2c1CN(C(=O)Nc1ccccc1)C2. The second kappa shape index (κ2) is 7.46. The first-order valence-corrected chi connectivity index (χ1v) is 9.26. The molecule has 0 aliphatic carbocycles. The number of benzene rings is 1. The minimum atomic E-state index is -0.259. The number of nitrogens with one attached hydrogen (secondary N) is 3. The number of thiophene rings is 1. The van der Waals surface area contributed by atoms with E-state index in [1.54, 1.807) is 22.3 Å². The van der Waals surface area contributed by atoms with Crippen molar-refractivity contribution in [1.82, 2.24) is 15.1 Å². The largest absolute Gasteiger partial charge is 0.322 e. The Bertz CT molecular complexity index is 979. The Hall–Kier alpha value is -3.39. The molecule has 0 radical (unpaired) electrons. The van der Waals surface area contributed by atoms with Crippen molar-refractivity contribution in [1.29, 1.82) is 0 Å². The Morgan fingerprint density at radius 3 is 2.74 bits per heavy atom. The first-order chi connectivity index (χ1) is 13.2. The van der Waals surface area contributed by atoms with Crippen LogP contribution in [-0.2, 0) is 17.9 Å². The van der Waals surface area contributed by atoms with Gasteiger partial charge in [0.25, 0.3) is 0 Å². The highest BCUT2D eigenvalue weighted by Gasteiger charge is 2.28. The third-order valence-electron chi connectivity index (χ3n) is 4.15. The van der Waals surface area contributed by atoms with Crippen LogP contribution in [0.2, 0.25) is 0 Å². The normalized spacial score (nSPS) is 13.0. The van der Waals surface area contributed by atoms with E-state index in [-0.39, 0.29) is 11.9 Å². The lowest BCUT2D eigenvalue weighted by atomic mass is 10.3. The molecule has 1 aliphatic heterocycles. The molecule has 27 heavy (non-hydrogen) atoms. The molecule has 0 bridgehead atoms. The van der Waals surface area contributed by atoms with Crippen LogP contribution in [0.15, 0.2) is 53.9 Å². The van der Waals surface area contributed by atoms with E-state index in [4.69, 9.17) is 0 Å². The number of H-pyrrole nitrogens is 1. The molecule has 3 aromatic rings. The summed E-state index contributed by atoms with van der Waals surface area (Å²) in [5.41, 5.74) is 2.40. The molecule has 7 nitrogen and oxygen atoms in total. The topological polar surface area (TPSA) is 90.1 Å². The van der Waals surface area contributed by atoms with Gasteiger partial charge >= 0.3 is 6.03 Å². The lowest BCUT2D eigenvalue weighted by Crippen LogP contribution is -2.30. The summed E-state index contributed by atoms with van der Waals surface area (Å²) in [7, 11) is 0. The lowest BCUT2D eigenvalue weighted by molar-refractivity contribution is -0.111. The fourth-order valence-corrected chi connectivity index (χ4v) is 3.43. The number of para-hydroxylation sites is 1. The lowest BCUT2D eigenvalue weighted by Gasteiger charge is -2.16. The Balaban J connectivity index is 1.38. The number of aromatic nitrogens is 2. The Morgan fingerprint density at radius 1 is 1.11 bits per heavy atom. The van der Waals surface area contributed by atoms with Crippen LogP contribution in [0.3, 0.4) is 0 Å². The predicted molar refractivity (Wildman–Crippen MR) is 105 cm³/mol. The molecule has 4 rings (SSSR count). The van der Waals surface area contributed by atoms with E-state index in [1.807, 2.05) is 47.8 Å². The third-order valence-corrected chi connectivity index (χ3v) is 4.98. The van der Waals surface area contributed by atoms with E-state index in [2.05, 4.69) is 20.8 Å². The summed E-state index contributed by atoms with van der Waals surface area (Å²) >= 11 is 1.56. The van der Waals surface area contributed by atoms with Crippen molar-refractivity contribution in [2.45, 2.75) is 13.1 Å². The zero-order valence-electron chi connectivity index (χ0n) is 14.3. The number of urea groups is 1. The molecule has 0 saturated heterocycles. The van der Waals surface area contributed by atoms with Crippen LogP contribution >= 0.6 is 11.3 Å². The van der Waals surface area contributed by atoms with Gasteiger partial charge in [0.1, 0.15) is 0 Å². The first-order valence-electron chi connectivity index (χ1n) is 8.39. The Kier molecular flexibility index (Phi) is 4.71. The highest BCUT2D eigenvalue weighted by molar-refractivity contribution is 7.10. The fourth-order valence-electron chi connectivity index (χ4n) is 2.81. The summed E-state index contributed by atoms with van der Waals surface area (Å²) in [4.78, 5) is 27.2. The number of amides is 3. The Morgan fingerprint density at radius 2 is 1.96 bits per heavy atom. The second-order valence-electron chi connectivity index (χ2n) is 6.02. The van der Waals surface area contributed by atoms with E-state index >= 15 is 0 Å². The Labute approximate surface area is 159 Å². The van der Waals surface area contributed by atoms with Gasteiger partial charge in [0.05, 0.1) is 18.8 Å². The summed E-state index contributed by atoms with van der Waals surface area (Å²) in [6.07, 6.45) is 3.23. The first kappa shape index (κ1) is 17.0. The maximum Gasteiger partial charge on any atom is 0.322 e. The van der Waals surface area contributed by atoms with Gasteiger partial charge in [-0.2, -0.15) is 5.10 Å². The fraction of sp³-hybridized carbons (Fsp3) is 0.105. The molecule has 3 N–H and O–H groups in total. The van der Waals surface area contributed by atoms with Crippen molar-refractivity contribution in [3.05, 3.63) is 70.1 Å². The van der Waals surface area contributed by atoms with E-state index in [0.717, 1.165) is 21.8 Å². The molecular formula is C19H17N5O2S. The van der Waals surface area contributed by atoms with Gasteiger partial charge in [-0.05, 0) is 29.7 Å². The number of rotatable bonds is 4. The number of carbonyl (C=O) groups excluding carboxylic acids is 2. The maximum atomic E-state index is 12.4. The minimum Gasteiger partial charge on any atom is -0.314 e. The van der Waals surface area contributed by atoms with Crippen LogP contribution in [0.5, 0.6) is 0 Å². The molecule has 0 spiro atoms. The molecule has 8 heteroatoms. The molecule has 136 valence electrons. The average molecular weight is 379 g/mol. The molecule has 2 aromatic heterocycles. The van der Waals surface area contributed by atoms with Gasteiger partial charge in [0.2, 0.25) is 5.91 Å². The maximum absolute atomic E-state index is 12.4. The van der Waals surface area contributed by atoms with Gasteiger partial charge in [-0.3, -0.25) is 9.89 Å². The molecule has 1 aromatic carbocycles. The molecule has 0 atom stereocenters. The molecule has 3 amide bonds. The van der Waals surface area contributed by atoms with E-state index in [0.29, 0.717) is 18.9 Å². The number of aromatic amines is 1. The van der Waals surface area contributed by atoms with Crippen molar-refractivity contribution < 1.29 is 9.59 Å². The summed E-state index contributed by atoms with van der Waals surface area (Å²) < 4.78 is 0. The van der Waals surface area contributed by atoms with E-state index in [1.165, 1.54) is 6.08 Å². The van der Waals surface area contributed by atoms with Crippen LogP contribution in [-0.4, -0.2) is 27.0 Å². The van der Waals surface area contributed by atoms with Gasteiger partial charge in [0.15, 0.2) is 5.82 Å². The number of hydrogen-bond donors (Lipinski definition) is 3. The second-order valence-corrected chi connectivity index (χ2v) is 7.00. The van der Waals surface area contributed by atoms with Crippen LogP contribution in [0.1, 0.15) is 16.1 Å². The van der Waals surface area contributed by atoms with E-state index in [9.17, 15) is 9.59 Å². The highest BCUT2D eigenvalue weighted by atomic mass is 32.1. The van der Waals surface area contributed by atoms with Crippen molar-refractivity contribution in [3.63, 3.8) is 0 Å². The van der Waals surface area contributed by atoms with Gasteiger partial charge in [-0.15, -0.1) is 11.3 Å². The van der Waals surface area contributed by atoms with Gasteiger partial charge in [0, 0.05) is 22.2 Å². The molecule has 0 unspecified atom stereocenters. The zero-order chi connectivity index (χ0) is 18.6. The molecule has 3 heterocycles. The smallest absolute Gasteiger partial charge is 0.314 e. The van der Waals surface area contributed by atoms with Gasteiger partial charge in [-0.1, -0.05) is 24.3 Å². The molecule has 0 saturated carbocycles. The minimum absolute atomic E-state index is 0.194. The summed E-state index contributed by atoms with van der Waals surface area (Å²) in [6, 6.07) is 13.0. The number of fused-ring (bicyclic) bond motifs is 1. The summed E-state index contributed by atoms with van der Waals surface area (Å²) in [5.74, 6) is 0.200. The van der Waals surface area contributed by atoms with Crippen molar-refractivity contribution in [2.24, 2.45) is 0 Å². The predicted octanol–water partition coefficient (Wildman–Crippen LogP) is 3.67. The average Bonchev–Trinajstić information content (AvgIpc) is 3.39. The third kappa shape index (κ3) is 3.90. The van der Waals surface area contributed by atoms with E-state index < -0.39 is 0 Å². The molecule has 0 fully saturated rings. The van der Waals surface area contributed by atoms with Crippen molar-refractivity contribution in [3.8, 4) is 0 Å². The van der Waals surface area contributed by atoms with Gasteiger partial charge < -0.3 is 15.5 Å². The van der Waals surface area contributed by atoms with Crippen LogP contribution in [0, 0.1) is 0 Å². The number of nitrogens with zero attached hydrogens (tertiary/aromatic N) is 2. The van der Waals surface area contributed by atoms with Crippen molar-refractivity contribution >= 4 is 40.9 Å². The molecule has 1 aliphatic rings. The summed E-state index contributed by atoms with van der Waals surface area (Å²) in [6.45, 7) is 0.802. The highest BCUT2D eigenvalue weighted by Crippen LogP contribution is 2.27. The number of anilines is 2. The molecular weight excluding hydrogens is 362 g/mol. The summed E-state index contributed by atoms with van der Waals surface area (Å²) in [5, 5.41) is 14.6. The standard InChI is InChI=1S/C19H17N5O2S/c25-17(9-8-14-7-4-10-27-14)21-18-15-11-24(12-16(15)22-23-18)19(26)20-13-5-2-1-3-6-13/h1-10H,11-12H2,(H,20,26)(H2,21,22,23,25). The van der Waals surface area contributed by atoms with Crippen LogP contribution in [0.25, 0.3) is 6.08 Å². The van der Waals surface area contributed by atoms with Crippen molar-refractivity contribution in [2.75, 3.05) is 10.6 Å². The van der Waals surface area contributed by atoms with Crippen LogP contribution in [0.4, 0.5) is 16.3 Å². The monoisotopic (exact) mass is 379 g/mol. The quantitative estimate of drug-likeness (QED) is 0.604. The van der Waals surface area contributed by atoms with Crippen LogP contribution < -0.4 is 10.6 Å².